The van der Waals surface area contributed by atoms with Gasteiger partial charge in [0.25, 0.3) is 0 Å². The molecule has 0 aromatic heterocycles. The maximum atomic E-state index is 5.56. The molecular weight excluding hydrogens is 154 g/mol. The second-order valence-corrected chi connectivity index (χ2v) is 3.77. The molecule has 3 nitrogen and oxygen atoms in total. The van der Waals surface area contributed by atoms with E-state index >= 15 is 0 Å². The molecule has 1 atom stereocenters. The topological polar surface area (TPSA) is 21.7 Å². The zero-order chi connectivity index (χ0) is 8.39. The lowest BCUT2D eigenvalue weighted by Gasteiger charge is -2.35. The highest BCUT2D eigenvalue weighted by Crippen LogP contribution is 2.15. The van der Waals surface area contributed by atoms with E-state index < -0.39 is 0 Å². The molecule has 1 unspecified atom stereocenters. The minimum Gasteiger partial charge on any atom is -0.378 e. The normalized spacial score (nSPS) is 31.0. The highest BCUT2D eigenvalue weighted by Gasteiger charge is 2.26. The Kier molecular flexibility index (Phi) is 2.63. The summed E-state index contributed by atoms with van der Waals surface area (Å²) >= 11 is 0. The zero-order valence-corrected chi connectivity index (χ0v) is 7.66. The molecule has 70 valence electrons. The van der Waals surface area contributed by atoms with Crippen LogP contribution in [0.1, 0.15) is 12.8 Å². The van der Waals surface area contributed by atoms with Gasteiger partial charge in [0.05, 0.1) is 25.4 Å². The number of hydrogen-bond acceptors (Lipinski definition) is 3. The molecule has 12 heavy (non-hydrogen) atoms. The fraction of sp³-hybridized carbons (Fsp3) is 1.00. The first-order valence-electron chi connectivity index (χ1n) is 4.76. The van der Waals surface area contributed by atoms with Crippen LogP contribution in [0.3, 0.4) is 0 Å². The van der Waals surface area contributed by atoms with Crippen LogP contribution in [-0.2, 0) is 9.47 Å². The Bertz CT molecular complexity index is 141. The summed E-state index contributed by atoms with van der Waals surface area (Å²) < 4.78 is 10.7. The smallest absolute Gasteiger partial charge is 0.0702 e. The predicted molar refractivity (Wildman–Crippen MR) is 46.2 cm³/mol. The van der Waals surface area contributed by atoms with Crippen molar-refractivity contribution in [2.45, 2.75) is 25.0 Å². The minimum atomic E-state index is 0.482. The van der Waals surface area contributed by atoms with Crippen molar-refractivity contribution in [2.24, 2.45) is 0 Å². The second-order valence-electron chi connectivity index (χ2n) is 3.77. The van der Waals surface area contributed by atoms with Gasteiger partial charge in [-0.2, -0.15) is 0 Å². The summed E-state index contributed by atoms with van der Waals surface area (Å²) in [7, 11) is 2.16. The van der Waals surface area contributed by atoms with Crippen molar-refractivity contribution in [2.75, 3.05) is 33.4 Å². The number of rotatable bonds is 3. The molecule has 2 aliphatic rings. The Balaban J connectivity index is 1.69. The van der Waals surface area contributed by atoms with Gasteiger partial charge in [-0.3, -0.25) is 4.90 Å². The van der Waals surface area contributed by atoms with Crippen molar-refractivity contribution in [3.8, 4) is 0 Å². The van der Waals surface area contributed by atoms with E-state index in [0.717, 1.165) is 26.4 Å². The van der Waals surface area contributed by atoms with Crippen molar-refractivity contribution in [1.82, 2.24) is 4.90 Å². The summed E-state index contributed by atoms with van der Waals surface area (Å²) in [6.45, 7) is 3.85. The van der Waals surface area contributed by atoms with Crippen LogP contribution in [0.15, 0.2) is 0 Å². The molecule has 0 N–H and O–H groups in total. The Morgan fingerprint density at radius 2 is 2.25 bits per heavy atom. The molecule has 2 rings (SSSR count). The first kappa shape index (κ1) is 8.48. The number of hydrogen-bond donors (Lipinski definition) is 0. The van der Waals surface area contributed by atoms with Crippen molar-refractivity contribution in [3.63, 3.8) is 0 Å². The monoisotopic (exact) mass is 171 g/mol. The number of likely N-dealkylation sites (N-methyl/N-ethyl adjacent to an activating group) is 1. The predicted octanol–water partition coefficient (Wildman–Crippen LogP) is 0.496. The van der Waals surface area contributed by atoms with Gasteiger partial charge < -0.3 is 9.47 Å². The van der Waals surface area contributed by atoms with Gasteiger partial charge in [-0.1, -0.05) is 0 Å². The van der Waals surface area contributed by atoms with Gasteiger partial charge in [-0.15, -0.1) is 0 Å². The third-order valence-electron chi connectivity index (χ3n) is 2.76. The highest BCUT2D eigenvalue weighted by molar-refractivity contribution is 4.78. The molecule has 3 heteroatoms. The van der Waals surface area contributed by atoms with Gasteiger partial charge in [0.15, 0.2) is 0 Å². The fourth-order valence-electron chi connectivity index (χ4n) is 1.74. The number of ether oxygens (including phenoxy) is 2. The molecule has 2 heterocycles. The van der Waals surface area contributed by atoms with Gasteiger partial charge in [0, 0.05) is 13.2 Å². The van der Waals surface area contributed by atoms with Gasteiger partial charge >= 0.3 is 0 Å². The molecule has 2 saturated heterocycles. The second kappa shape index (κ2) is 3.73. The molecule has 0 spiro atoms. The summed E-state index contributed by atoms with van der Waals surface area (Å²) in [4.78, 5) is 2.36. The summed E-state index contributed by atoms with van der Waals surface area (Å²) in [5.41, 5.74) is 0. The van der Waals surface area contributed by atoms with Crippen molar-refractivity contribution < 1.29 is 9.47 Å². The molecular formula is C9H17NO2. The van der Waals surface area contributed by atoms with E-state index in [1.54, 1.807) is 0 Å². The van der Waals surface area contributed by atoms with E-state index in [0.29, 0.717) is 12.1 Å². The summed E-state index contributed by atoms with van der Waals surface area (Å²) in [6, 6.07) is 0.647. The molecule has 0 saturated carbocycles. The van der Waals surface area contributed by atoms with Crippen molar-refractivity contribution >= 4 is 0 Å². The summed E-state index contributed by atoms with van der Waals surface area (Å²) in [5, 5.41) is 0. The Morgan fingerprint density at radius 1 is 1.42 bits per heavy atom. The van der Waals surface area contributed by atoms with Crippen LogP contribution < -0.4 is 0 Å². The maximum Gasteiger partial charge on any atom is 0.0702 e. The van der Waals surface area contributed by atoms with E-state index in [1.165, 1.54) is 12.8 Å². The van der Waals surface area contributed by atoms with Gasteiger partial charge in [-0.25, -0.2) is 0 Å². The fourth-order valence-corrected chi connectivity index (χ4v) is 1.74. The van der Waals surface area contributed by atoms with Crippen LogP contribution in [0.4, 0.5) is 0 Å². The molecule has 0 radical (unpaired) electrons. The molecule has 0 amide bonds. The molecule has 0 aromatic carbocycles. The maximum absolute atomic E-state index is 5.56. The van der Waals surface area contributed by atoms with Crippen LogP contribution in [0.25, 0.3) is 0 Å². The average molecular weight is 171 g/mol. The lowest BCUT2D eigenvalue weighted by Crippen LogP contribution is -2.49. The molecule has 0 aliphatic carbocycles. The van der Waals surface area contributed by atoms with Gasteiger partial charge in [0.1, 0.15) is 0 Å². The third-order valence-corrected chi connectivity index (χ3v) is 2.76. The Hall–Kier alpha value is -0.120. The van der Waals surface area contributed by atoms with E-state index in [-0.39, 0.29) is 0 Å². The van der Waals surface area contributed by atoms with E-state index in [2.05, 4.69) is 11.9 Å². The van der Waals surface area contributed by atoms with Crippen molar-refractivity contribution in [1.29, 1.82) is 0 Å². The first-order chi connectivity index (χ1) is 5.86. The lowest BCUT2D eigenvalue weighted by atomic mass is 10.2. The Morgan fingerprint density at radius 3 is 2.75 bits per heavy atom. The van der Waals surface area contributed by atoms with Crippen LogP contribution in [0.5, 0.6) is 0 Å². The van der Waals surface area contributed by atoms with Crippen molar-refractivity contribution in [3.05, 3.63) is 0 Å². The SMILES string of the molecule is CN(CC1CCCO1)C1COC1. The minimum absolute atomic E-state index is 0.482. The Labute approximate surface area is 73.6 Å². The van der Waals surface area contributed by atoms with E-state index in [1.807, 2.05) is 0 Å². The third kappa shape index (κ3) is 1.79. The molecule has 0 bridgehead atoms. The van der Waals surface area contributed by atoms with Crippen LogP contribution in [0.2, 0.25) is 0 Å². The van der Waals surface area contributed by atoms with E-state index in [4.69, 9.17) is 9.47 Å². The molecule has 2 aliphatic heterocycles. The highest BCUT2D eigenvalue weighted by atomic mass is 16.5. The standard InChI is InChI=1S/C9H17NO2/c1-10(8-6-11-7-8)5-9-3-2-4-12-9/h8-9H,2-7H2,1H3. The van der Waals surface area contributed by atoms with Crippen LogP contribution in [-0.4, -0.2) is 50.5 Å². The number of nitrogens with zero attached hydrogens (tertiary/aromatic N) is 1. The zero-order valence-electron chi connectivity index (χ0n) is 7.66. The molecule has 2 fully saturated rings. The van der Waals surface area contributed by atoms with E-state index in [9.17, 15) is 0 Å². The lowest BCUT2D eigenvalue weighted by molar-refractivity contribution is -0.0672. The van der Waals surface area contributed by atoms with Crippen LogP contribution in [0, 0.1) is 0 Å². The summed E-state index contributed by atoms with van der Waals surface area (Å²) in [6.07, 6.45) is 2.95. The average Bonchev–Trinajstić information content (AvgIpc) is 2.34. The van der Waals surface area contributed by atoms with Gasteiger partial charge in [-0.05, 0) is 19.9 Å². The molecule has 0 aromatic rings. The largest absolute Gasteiger partial charge is 0.378 e. The summed E-state index contributed by atoms with van der Waals surface area (Å²) in [5.74, 6) is 0. The quantitative estimate of drug-likeness (QED) is 0.617. The van der Waals surface area contributed by atoms with Gasteiger partial charge in [0.2, 0.25) is 0 Å². The van der Waals surface area contributed by atoms with Crippen LogP contribution >= 0.6 is 0 Å². The first-order valence-corrected chi connectivity index (χ1v) is 4.76.